The Kier molecular flexibility index (Phi) is 5.50. The monoisotopic (exact) mass is 461 g/mol. The van der Waals surface area contributed by atoms with E-state index in [0.717, 1.165) is 51.9 Å². The first-order chi connectivity index (χ1) is 16.1. The van der Waals surface area contributed by atoms with E-state index in [2.05, 4.69) is 30.3 Å². The second kappa shape index (κ2) is 8.26. The standard InChI is InChI=1S/C28H32FN3O2/c1-16-10-20(15-28(3,4)14-16)32-25-9-6-18(27(33)34-5)11-24(25)31-26(32)13-21-17(2)30-23-8-7-19(29)12-22(21)23/h6-9,11-12,16,20,30H,10,13-15H2,1-5H3/t16-,20+/m0/s1. The fraction of sp³-hybridized carbons (Fsp3) is 0.429. The number of benzene rings is 2. The van der Waals surface area contributed by atoms with Crippen LogP contribution in [0.3, 0.4) is 0 Å². The summed E-state index contributed by atoms with van der Waals surface area (Å²) in [7, 11) is 1.39. The van der Waals surface area contributed by atoms with Gasteiger partial charge in [0.25, 0.3) is 0 Å². The Hall–Kier alpha value is -3.15. The molecule has 1 aliphatic carbocycles. The summed E-state index contributed by atoms with van der Waals surface area (Å²) < 4.78 is 21.4. The lowest BCUT2D eigenvalue weighted by atomic mass is 9.70. The first-order valence-electron chi connectivity index (χ1n) is 12.0. The van der Waals surface area contributed by atoms with E-state index in [0.29, 0.717) is 23.9 Å². The highest BCUT2D eigenvalue weighted by atomic mass is 19.1. The van der Waals surface area contributed by atoms with Crippen molar-refractivity contribution in [3.63, 3.8) is 0 Å². The molecule has 0 bridgehead atoms. The number of esters is 1. The van der Waals surface area contributed by atoms with Crippen LogP contribution < -0.4 is 0 Å². The molecule has 4 aromatic rings. The van der Waals surface area contributed by atoms with Gasteiger partial charge in [0.2, 0.25) is 0 Å². The molecular formula is C28H32FN3O2. The van der Waals surface area contributed by atoms with Crippen LogP contribution in [0.15, 0.2) is 36.4 Å². The van der Waals surface area contributed by atoms with Gasteiger partial charge in [-0.05, 0) is 79.5 Å². The third kappa shape index (κ3) is 3.99. The van der Waals surface area contributed by atoms with Gasteiger partial charge in [0.15, 0.2) is 0 Å². The van der Waals surface area contributed by atoms with E-state index < -0.39 is 0 Å². The normalized spacial score (nSPS) is 20.2. The number of aromatic amines is 1. The zero-order valence-electron chi connectivity index (χ0n) is 20.5. The summed E-state index contributed by atoms with van der Waals surface area (Å²) in [5.74, 6) is 0.942. The first-order valence-corrected chi connectivity index (χ1v) is 12.0. The number of methoxy groups -OCH3 is 1. The summed E-state index contributed by atoms with van der Waals surface area (Å²) in [5.41, 5.74) is 5.56. The maximum Gasteiger partial charge on any atom is 0.337 e. The predicted molar refractivity (Wildman–Crippen MR) is 133 cm³/mol. The lowest BCUT2D eigenvalue weighted by molar-refractivity contribution is 0.0601. The summed E-state index contributed by atoms with van der Waals surface area (Å²) in [6.07, 6.45) is 3.94. The number of hydrogen-bond donors (Lipinski definition) is 1. The van der Waals surface area contributed by atoms with Crippen molar-refractivity contribution in [1.29, 1.82) is 0 Å². The van der Waals surface area contributed by atoms with Crippen molar-refractivity contribution in [1.82, 2.24) is 14.5 Å². The summed E-state index contributed by atoms with van der Waals surface area (Å²) in [5, 5.41) is 0.892. The molecule has 1 aliphatic rings. The average Bonchev–Trinajstić information content (AvgIpc) is 3.28. The Morgan fingerprint density at radius 3 is 2.76 bits per heavy atom. The van der Waals surface area contributed by atoms with Crippen LogP contribution >= 0.6 is 0 Å². The zero-order chi connectivity index (χ0) is 24.2. The van der Waals surface area contributed by atoms with Gasteiger partial charge in [-0.25, -0.2) is 14.2 Å². The molecule has 178 valence electrons. The van der Waals surface area contributed by atoms with Crippen LogP contribution in [0.2, 0.25) is 0 Å². The number of halogens is 1. The molecule has 0 spiro atoms. The van der Waals surface area contributed by atoms with Gasteiger partial charge in [0.05, 0.1) is 23.7 Å². The number of nitrogens with one attached hydrogen (secondary N) is 1. The van der Waals surface area contributed by atoms with Gasteiger partial charge in [0, 0.05) is 29.1 Å². The van der Waals surface area contributed by atoms with Gasteiger partial charge in [-0.1, -0.05) is 20.8 Å². The molecule has 0 aliphatic heterocycles. The van der Waals surface area contributed by atoms with E-state index in [-0.39, 0.29) is 17.2 Å². The van der Waals surface area contributed by atoms with Crippen molar-refractivity contribution in [2.24, 2.45) is 11.3 Å². The Bertz CT molecular complexity index is 1400. The molecule has 0 radical (unpaired) electrons. The molecule has 1 fully saturated rings. The van der Waals surface area contributed by atoms with Crippen LogP contribution in [0.4, 0.5) is 4.39 Å². The number of aromatic nitrogens is 3. The van der Waals surface area contributed by atoms with Gasteiger partial charge in [0.1, 0.15) is 11.6 Å². The van der Waals surface area contributed by atoms with Crippen LogP contribution in [0.1, 0.15) is 73.5 Å². The van der Waals surface area contributed by atoms with Gasteiger partial charge in [-0.15, -0.1) is 0 Å². The number of imidazole rings is 1. The first kappa shape index (κ1) is 22.6. The third-order valence-corrected chi connectivity index (χ3v) is 7.33. The van der Waals surface area contributed by atoms with E-state index in [1.807, 2.05) is 25.1 Å². The Balaban J connectivity index is 1.67. The average molecular weight is 462 g/mol. The van der Waals surface area contributed by atoms with Crippen LogP contribution in [0.25, 0.3) is 21.9 Å². The van der Waals surface area contributed by atoms with Gasteiger partial charge >= 0.3 is 5.97 Å². The van der Waals surface area contributed by atoms with E-state index in [1.165, 1.54) is 19.6 Å². The second-order valence-electron chi connectivity index (χ2n) is 10.8. The Labute approximate surface area is 199 Å². The molecule has 2 aromatic heterocycles. The van der Waals surface area contributed by atoms with Crippen molar-refractivity contribution < 1.29 is 13.9 Å². The molecule has 1 N–H and O–H groups in total. The molecule has 34 heavy (non-hydrogen) atoms. The number of carbonyl (C=O) groups excluding carboxylic acids is 1. The molecule has 0 amide bonds. The highest BCUT2D eigenvalue weighted by molar-refractivity contribution is 5.94. The number of H-pyrrole nitrogens is 1. The number of fused-ring (bicyclic) bond motifs is 2. The fourth-order valence-electron chi connectivity index (χ4n) is 6.16. The molecule has 5 nitrogen and oxygen atoms in total. The molecule has 6 heteroatoms. The van der Waals surface area contributed by atoms with Crippen LogP contribution in [-0.4, -0.2) is 27.6 Å². The van der Waals surface area contributed by atoms with Crippen molar-refractivity contribution in [3.05, 3.63) is 64.9 Å². The summed E-state index contributed by atoms with van der Waals surface area (Å²) in [6, 6.07) is 10.8. The molecule has 1 saturated carbocycles. The quantitative estimate of drug-likeness (QED) is 0.343. The number of aryl methyl sites for hydroxylation is 1. The molecule has 0 unspecified atom stereocenters. The topological polar surface area (TPSA) is 59.9 Å². The Morgan fingerprint density at radius 2 is 2.03 bits per heavy atom. The molecule has 0 saturated heterocycles. The molecular weight excluding hydrogens is 429 g/mol. The van der Waals surface area contributed by atoms with Gasteiger partial charge in [-0.3, -0.25) is 0 Å². The number of rotatable bonds is 4. The SMILES string of the molecule is COC(=O)c1ccc2c(c1)nc(Cc1c(C)[nH]c3ccc(F)cc13)n2[C@@H]1C[C@H](C)CC(C)(C)C1. The van der Waals surface area contributed by atoms with Crippen molar-refractivity contribution in [2.45, 2.75) is 59.4 Å². The molecule has 5 rings (SSSR count). The molecule has 2 heterocycles. The maximum absolute atomic E-state index is 14.1. The van der Waals surface area contributed by atoms with Crippen LogP contribution in [0.5, 0.6) is 0 Å². The van der Waals surface area contributed by atoms with E-state index in [4.69, 9.17) is 9.72 Å². The van der Waals surface area contributed by atoms with Crippen LogP contribution in [-0.2, 0) is 11.2 Å². The predicted octanol–water partition coefficient (Wildman–Crippen LogP) is 6.73. The lowest BCUT2D eigenvalue weighted by Gasteiger charge is -2.40. The highest BCUT2D eigenvalue weighted by Gasteiger charge is 2.34. The molecule has 2 atom stereocenters. The van der Waals surface area contributed by atoms with Crippen molar-refractivity contribution in [2.75, 3.05) is 7.11 Å². The summed E-state index contributed by atoms with van der Waals surface area (Å²) in [4.78, 5) is 20.6. The van der Waals surface area contributed by atoms with Crippen molar-refractivity contribution in [3.8, 4) is 0 Å². The summed E-state index contributed by atoms with van der Waals surface area (Å²) in [6.45, 7) is 9.04. The number of ether oxygens (including phenoxy) is 1. The smallest absolute Gasteiger partial charge is 0.337 e. The van der Waals surface area contributed by atoms with Gasteiger partial charge in [-0.2, -0.15) is 0 Å². The van der Waals surface area contributed by atoms with E-state index in [9.17, 15) is 9.18 Å². The maximum atomic E-state index is 14.1. The summed E-state index contributed by atoms with van der Waals surface area (Å²) >= 11 is 0. The van der Waals surface area contributed by atoms with Crippen LogP contribution in [0, 0.1) is 24.1 Å². The minimum atomic E-state index is -0.367. The number of nitrogens with zero attached hydrogens (tertiary/aromatic N) is 2. The number of carbonyl (C=O) groups is 1. The largest absolute Gasteiger partial charge is 0.465 e. The van der Waals surface area contributed by atoms with E-state index in [1.54, 1.807) is 12.1 Å². The number of hydrogen-bond acceptors (Lipinski definition) is 3. The minimum absolute atomic E-state index is 0.238. The highest BCUT2D eigenvalue weighted by Crippen LogP contribution is 2.45. The van der Waals surface area contributed by atoms with Crippen molar-refractivity contribution >= 4 is 27.9 Å². The zero-order valence-corrected chi connectivity index (χ0v) is 20.5. The third-order valence-electron chi connectivity index (χ3n) is 7.33. The lowest BCUT2D eigenvalue weighted by Crippen LogP contribution is -2.30. The minimum Gasteiger partial charge on any atom is -0.465 e. The Morgan fingerprint density at radius 1 is 1.24 bits per heavy atom. The fourth-order valence-corrected chi connectivity index (χ4v) is 6.16. The second-order valence-corrected chi connectivity index (χ2v) is 10.8. The molecule has 2 aromatic carbocycles. The van der Waals surface area contributed by atoms with Gasteiger partial charge < -0.3 is 14.3 Å². The van der Waals surface area contributed by atoms with E-state index >= 15 is 0 Å².